The van der Waals surface area contributed by atoms with Crippen LogP contribution in [0.25, 0.3) is 0 Å². The molecule has 0 aromatic heterocycles. The minimum atomic E-state index is -0.148. The molecule has 1 aromatic carbocycles. The Morgan fingerprint density at radius 1 is 1.39 bits per heavy atom. The Bertz CT molecular complexity index is 414. The molecule has 1 aliphatic heterocycles. The number of aliphatic imine (C=N–C) groups is 1. The van der Waals surface area contributed by atoms with Crippen molar-refractivity contribution in [3.63, 3.8) is 0 Å². The molecule has 1 aliphatic rings. The number of hydrogen-bond donors (Lipinski definition) is 1. The summed E-state index contributed by atoms with van der Waals surface area (Å²) in [5, 5.41) is 0. The van der Waals surface area contributed by atoms with E-state index in [1.165, 1.54) is 5.56 Å². The highest BCUT2D eigenvalue weighted by atomic mass is 16.5. The number of benzene rings is 1. The van der Waals surface area contributed by atoms with E-state index in [1.54, 1.807) is 0 Å². The van der Waals surface area contributed by atoms with Gasteiger partial charge < -0.3 is 15.4 Å². The molecule has 0 amide bonds. The molecule has 4 heteroatoms. The number of ether oxygens (including phenoxy) is 1. The maximum absolute atomic E-state index is 6.04. The summed E-state index contributed by atoms with van der Waals surface area (Å²) < 4.78 is 5.66. The molecule has 0 spiro atoms. The van der Waals surface area contributed by atoms with E-state index in [1.807, 2.05) is 18.2 Å². The predicted octanol–water partition coefficient (Wildman–Crippen LogP) is 1.61. The number of rotatable bonds is 2. The SMILES string of the molecule is CC1(C)CN(C(N)=NCc2ccccc2)CCO1. The van der Waals surface area contributed by atoms with E-state index in [0.717, 1.165) is 13.1 Å². The standard InChI is InChI=1S/C14H21N3O/c1-14(2)11-17(8-9-18-14)13(15)16-10-12-6-4-3-5-7-12/h3-7H,8-11H2,1-2H3,(H2,15,16). The molecule has 0 radical (unpaired) electrons. The van der Waals surface area contributed by atoms with Gasteiger partial charge in [-0.1, -0.05) is 30.3 Å². The van der Waals surface area contributed by atoms with Gasteiger partial charge in [-0.05, 0) is 19.4 Å². The van der Waals surface area contributed by atoms with E-state index in [2.05, 4.69) is 35.9 Å². The van der Waals surface area contributed by atoms with Crippen LogP contribution in [0.3, 0.4) is 0 Å². The lowest BCUT2D eigenvalue weighted by molar-refractivity contribution is -0.0680. The van der Waals surface area contributed by atoms with Gasteiger partial charge in [0.25, 0.3) is 0 Å². The van der Waals surface area contributed by atoms with Crippen LogP contribution in [0.15, 0.2) is 35.3 Å². The highest BCUT2D eigenvalue weighted by molar-refractivity contribution is 5.78. The quantitative estimate of drug-likeness (QED) is 0.638. The molecule has 2 N–H and O–H groups in total. The van der Waals surface area contributed by atoms with Crippen LogP contribution in [0.1, 0.15) is 19.4 Å². The first kappa shape index (κ1) is 12.9. The monoisotopic (exact) mass is 247 g/mol. The lowest BCUT2D eigenvalue weighted by Gasteiger charge is -2.38. The summed E-state index contributed by atoms with van der Waals surface area (Å²) in [5.74, 6) is 0.607. The lowest BCUT2D eigenvalue weighted by Crippen LogP contribution is -2.52. The maximum Gasteiger partial charge on any atom is 0.191 e. The van der Waals surface area contributed by atoms with Crippen molar-refractivity contribution in [1.82, 2.24) is 4.90 Å². The van der Waals surface area contributed by atoms with Crippen LogP contribution in [0.2, 0.25) is 0 Å². The van der Waals surface area contributed by atoms with Crippen molar-refractivity contribution < 1.29 is 4.74 Å². The summed E-state index contributed by atoms with van der Waals surface area (Å²) in [5.41, 5.74) is 7.06. The Balaban J connectivity index is 1.96. The molecule has 18 heavy (non-hydrogen) atoms. The minimum Gasteiger partial charge on any atom is -0.372 e. The fraction of sp³-hybridized carbons (Fsp3) is 0.500. The van der Waals surface area contributed by atoms with Crippen molar-refractivity contribution in [3.8, 4) is 0 Å². The third-order valence-electron chi connectivity index (χ3n) is 3.02. The normalized spacial score (nSPS) is 19.9. The molecule has 2 rings (SSSR count). The summed E-state index contributed by atoms with van der Waals surface area (Å²) >= 11 is 0. The molecule has 0 aliphatic carbocycles. The smallest absolute Gasteiger partial charge is 0.191 e. The van der Waals surface area contributed by atoms with Crippen LogP contribution >= 0.6 is 0 Å². The third kappa shape index (κ3) is 3.47. The topological polar surface area (TPSA) is 50.8 Å². The van der Waals surface area contributed by atoms with Gasteiger partial charge in [-0.15, -0.1) is 0 Å². The number of hydrogen-bond acceptors (Lipinski definition) is 2. The van der Waals surface area contributed by atoms with Gasteiger partial charge in [-0.3, -0.25) is 0 Å². The van der Waals surface area contributed by atoms with E-state index >= 15 is 0 Å². The Kier molecular flexibility index (Phi) is 3.87. The van der Waals surface area contributed by atoms with Crippen molar-refractivity contribution in [2.24, 2.45) is 10.7 Å². The second-order valence-corrected chi connectivity index (χ2v) is 5.19. The number of nitrogens with zero attached hydrogens (tertiary/aromatic N) is 2. The first-order chi connectivity index (χ1) is 8.57. The molecule has 1 aromatic rings. The second-order valence-electron chi connectivity index (χ2n) is 5.19. The molecular weight excluding hydrogens is 226 g/mol. The number of morpholine rings is 1. The van der Waals surface area contributed by atoms with Crippen molar-refractivity contribution in [2.45, 2.75) is 26.0 Å². The lowest BCUT2D eigenvalue weighted by atomic mass is 10.1. The first-order valence-corrected chi connectivity index (χ1v) is 6.30. The van der Waals surface area contributed by atoms with Gasteiger partial charge in [-0.25, -0.2) is 4.99 Å². The molecular formula is C14H21N3O. The molecule has 0 unspecified atom stereocenters. The number of guanidine groups is 1. The van der Waals surface area contributed by atoms with E-state index in [9.17, 15) is 0 Å². The van der Waals surface area contributed by atoms with E-state index in [-0.39, 0.29) is 5.60 Å². The molecule has 1 saturated heterocycles. The van der Waals surface area contributed by atoms with E-state index in [0.29, 0.717) is 19.1 Å². The van der Waals surface area contributed by atoms with Crippen LogP contribution in [0.5, 0.6) is 0 Å². The van der Waals surface area contributed by atoms with Gasteiger partial charge >= 0.3 is 0 Å². The van der Waals surface area contributed by atoms with Crippen molar-refractivity contribution in [1.29, 1.82) is 0 Å². The summed E-state index contributed by atoms with van der Waals surface area (Å²) in [6.45, 7) is 7.08. The van der Waals surface area contributed by atoms with Gasteiger partial charge in [0.15, 0.2) is 5.96 Å². The predicted molar refractivity (Wildman–Crippen MR) is 73.4 cm³/mol. The maximum atomic E-state index is 6.04. The first-order valence-electron chi connectivity index (χ1n) is 6.30. The third-order valence-corrected chi connectivity index (χ3v) is 3.02. The molecule has 1 fully saturated rings. The van der Waals surface area contributed by atoms with Crippen LogP contribution in [-0.4, -0.2) is 36.2 Å². The molecule has 0 bridgehead atoms. The van der Waals surface area contributed by atoms with Crippen molar-refractivity contribution in [3.05, 3.63) is 35.9 Å². The van der Waals surface area contributed by atoms with Gasteiger partial charge in [0.1, 0.15) is 0 Å². The largest absolute Gasteiger partial charge is 0.372 e. The zero-order chi connectivity index (χ0) is 13.0. The van der Waals surface area contributed by atoms with E-state index in [4.69, 9.17) is 10.5 Å². The molecule has 4 nitrogen and oxygen atoms in total. The van der Waals surface area contributed by atoms with E-state index < -0.39 is 0 Å². The van der Waals surface area contributed by atoms with Gasteiger partial charge in [0, 0.05) is 13.1 Å². The van der Waals surface area contributed by atoms with Gasteiger partial charge in [-0.2, -0.15) is 0 Å². The Morgan fingerprint density at radius 2 is 2.11 bits per heavy atom. The van der Waals surface area contributed by atoms with Crippen molar-refractivity contribution >= 4 is 5.96 Å². The average molecular weight is 247 g/mol. The van der Waals surface area contributed by atoms with Crippen LogP contribution < -0.4 is 5.73 Å². The molecule has 0 atom stereocenters. The van der Waals surface area contributed by atoms with Crippen molar-refractivity contribution in [2.75, 3.05) is 19.7 Å². The summed E-state index contributed by atoms with van der Waals surface area (Å²) in [6, 6.07) is 10.1. The molecule has 0 saturated carbocycles. The number of nitrogens with two attached hydrogens (primary N) is 1. The summed E-state index contributed by atoms with van der Waals surface area (Å²) in [7, 11) is 0. The minimum absolute atomic E-state index is 0.148. The fourth-order valence-corrected chi connectivity index (χ4v) is 2.07. The zero-order valence-corrected chi connectivity index (χ0v) is 11.1. The Labute approximate surface area is 108 Å². The average Bonchev–Trinajstić information content (AvgIpc) is 2.36. The zero-order valence-electron chi connectivity index (χ0n) is 11.1. The van der Waals surface area contributed by atoms with Crippen LogP contribution in [0, 0.1) is 0 Å². The highest BCUT2D eigenvalue weighted by Crippen LogP contribution is 2.16. The Hall–Kier alpha value is -1.55. The van der Waals surface area contributed by atoms with Crippen LogP contribution in [-0.2, 0) is 11.3 Å². The fourth-order valence-electron chi connectivity index (χ4n) is 2.07. The highest BCUT2D eigenvalue weighted by Gasteiger charge is 2.27. The Morgan fingerprint density at radius 3 is 2.78 bits per heavy atom. The molecule has 1 heterocycles. The summed E-state index contributed by atoms with van der Waals surface area (Å²) in [4.78, 5) is 6.54. The molecule has 98 valence electrons. The van der Waals surface area contributed by atoms with Crippen LogP contribution in [0.4, 0.5) is 0 Å². The van der Waals surface area contributed by atoms with Gasteiger partial charge in [0.2, 0.25) is 0 Å². The second kappa shape index (κ2) is 5.40. The van der Waals surface area contributed by atoms with Gasteiger partial charge in [0.05, 0.1) is 18.8 Å². The summed E-state index contributed by atoms with van der Waals surface area (Å²) in [6.07, 6.45) is 0.